The third-order valence-corrected chi connectivity index (χ3v) is 4.70. The van der Waals surface area contributed by atoms with E-state index in [1.165, 1.54) is 0 Å². The summed E-state index contributed by atoms with van der Waals surface area (Å²) in [5.41, 5.74) is 2.57. The smallest absolute Gasteiger partial charge is 0.251 e. The summed E-state index contributed by atoms with van der Waals surface area (Å²) in [6.45, 7) is 1.55. The summed E-state index contributed by atoms with van der Waals surface area (Å²) < 4.78 is 0. The van der Waals surface area contributed by atoms with Gasteiger partial charge in [0.25, 0.3) is 5.91 Å². The first kappa shape index (κ1) is 21.2. The number of aromatic nitrogens is 2. The molecule has 2 aromatic heterocycles. The van der Waals surface area contributed by atoms with Gasteiger partial charge in [0.2, 0.25) is 5.91 Å². The van der Waals surface area contributed by atoms with Crippen molar-refractivity contribution in [3.63, 3.8) is 0 Å². The number of pyridine rings is 2. The van der Waals surface area contributed by atoms with Crippen molar-refractivity contribution in [2.45, 2.75) is 25.8 Å². The predicted molar refractivity (Wildman–Crippen MR) is 116 cm³/mol. The Hall–Kier alpha value is -3.54. The van der Waals surface area contributed by atoms with Gasteiger partial charge in [0.05, 0.1) is 0 Å². The van der Waals surface area contributed by atoms with Gasteiger partial charge in [-0.15, -0.1) is 0 Å². The fourth-order valence-corrected chi connectivity index (χ4v) is 3.09. The van der Waals surface area contributed by atoms with Gasteiger partial charge >= 0.3 is 0 Å². The maximum Gasteiger partial charge on any atom is 0.251 e. The van der Waals surface area contributed by atoms with Gasteiger partial charge < -0.3 is 10.2 Å². The fourth-order valence-electron chi connectivity index (χ4n) is 3.09. The van der Waals surface area contributed by atoms with E-state index in [1.807, 2.05) is 53.4 Å². The summed E-state index contributed by atoms with van der Waals surface area (Å²) >= 11 is 0. The van der Waals surface area contributed by atoms with Crippen LogP contribution in [0.4, 0.5) is 0 Å². The van der Waals surface area contributed by atoms with Gasteiger partial charge in [-0.2, -0.15) is 0 Å². The Kier molecular flexibility index (Phi) is 8.09. The molecule has 0 radical (unpaired) electrons. The summed E-state index contributed by atoms with van der Waals surface area (Å²) in [5, 5.41) is 2.87. The second-order valence-electron chi connectivity index (χ2n) is 6.97. The molecule has 0 unspecified atom stereocenters. The van der Waals surface area contributed by atoms with Crippen LogP contribution in [0, 0.1) is 0 Å². The van der Waals surface area contributed by atoms with Crippen molar-refractivity contribution in [3.05, 3.63) is 96.1 Å². The molecule has 0 saturated heterocycles. The largest absolute Gasteiger partial charge is 0.352 e. The van der Waals surface area contributed by atoms with Crippen LogP contribution in [-0.4, -0.2) is 39.8 Å². The van der Waals surface area contributed by atoms with E-state index in [-0.39, 0.29) is 11.8 Å². The second kappa shape index (κ2) is 11.5. The summed E-state index contributed by atoms with van der Waals surface area (Å²) in [7, 11) is 0. The van der Waals surface area contributed by atoms with E-state index < -0.39 is 0 Å². The second-order valence-corrected chi connectivity index (χ2v) is 6.97. The Labute approximate surface area is 177 Å². The number of benzene rings is 1. The summed E-state index contributed by atoms with van der Waals surface area (Å²) in [6, 6.07) is 18.7. The molecule has 2 amide bonds. The molecule has 0 saturated carbocycles. The highest BCUT2D eigenvalue weighted by Crippen LogP contribution is 2.08. The zero-order valence-corrected chi connectivity index (χ0v) is 16.9. The van der Waals surface area contributed by atoms with Crippen LogP contribution < -0.4 is 5.32 Å². The molecule has 2 heterocycles. The molecule has 3 rings (SSSR count). The zero-order valence-electron chi connectivity index (χ0n) is 16.9. The van der Waals surface area contributed by atoms with Crippen molar-refractivity contribution in [1.82, 2.24) is 20.2 Å². The average Bonchev–Trinajstić information content (AvgIpc) is 2.81. The molecular formula is C24H26N4O2. The predicted octanol–water partition coefficient (Wildman–Crippen LogP) is 3.26. The molecular weight excluding hydrogens is 376 g/mol. The molecule has 0 aliphatic rings. The van der Waals surface area contributed by atoms with Crippen LogP contribution in [0.3, 0.4) is 0 Å². The van der Waals surface area contributed by atoms with Crippen molar-refractivity contribution < 1.29 is 9.59 Å². The first-order chi connectivity index (χ1) is 14.7. The fraction of sp³-hybridized carbons (Fsp3) is 0.250. The molecule has 30 heavy (non-hydrogen) atoms. The van der Waals surface area contributed by atoms with Crippen LogP contribution in [0.2, 0.25) is 0 Å². The van der Waals surface area contributed by atoms with E-state index in [4.69, 9.17) is 0 Å². The summed E-state index contributed by atoms with van der Waals surface area (Å²) in [6.07, 6.45) is 6.91. The van der Waals surface area contributed by atoms with Gasteiger partial charge in [-0.25, -0.2) is 0 Å². The molecule has 3 aromatic rings. The molecule has 1 aromatic carbocycles. The first-order valence-electron chi connectivity index (χ1n) is 10.1. The van der Waals surface area contributed by atoms with Crippen LogP contribution in [0.15, 0.2) is 79.3 Å². The van der Waals surface area contributed by atoms with Crippen LogP contribution >= 0.6 is 0 Å². The number of nitrogens with one attached hydrogen (secondary N) is 1. The van der Waals surface area contributed by atoms with E-state index in [9.17, 15) is 9.59 Å². The van der Waals surface area contributed by atoms with Gasteiger partial charge in [0.1, 0.15) is 0 Å². The lowest BCUT2D eigenvalue weighted by molar-refractivity contribution is -0.131. The topological polar surface area (TPSA) is 75.2 Å². The number of hydrogen-bond acceptors (Lipinski definition) is 4. The van der Waals surface area contributed by atoms with Crippen LogP contribution in [0.5, 0.6) is 0 Å². The van der Waals surface area contributed by atoms with E-state index in [2.05, 4.69) is 15.3 Å². The normalized spacial score (nSPS) is 10.4. The van der Waals surface area contributed by atoms with Crippen molar-refractivity contribution in [2.75, 3.05) is 13.1 Å². The lowest BCUT2D eigenvalue weighted by Gasteiger charge is -2.23. The minimum Gasteiger partial charge on any atom is -0.352 e. The number of amides is 2. The number of carbonyl (C=O) groups excluding carboxylic acids is 2. The van der Waals surface area contributed by atoms with Gasteiger partial charge in [-0.05, 0) is 42.3 Å². The van der Waals surface area contributed by atoms with Gasteiger partial charge in [0, 0.05) is 62.3 Å². The molecule has 1 N–H and O–H groups in total. The van der Waals surface area contributed by atoms with E-state index in [0.29, 0.717) is 44.5 Å². The molecule has 0 spiro atoms. The molecule has 6 nitrogen and oxygen atoms in total. The van der Waals surface area contributed by atoms with Gasteiger partial charge in [0.15, 0.2) is 0 Å². The third kappa shape index (κ3) is 6.81. The van der Waals surface area contributed by atoms with Crippen molar-refractivity contribution >= 4 is 11.8 Å². The first-order valence-corrected chi connectivity index (χ1v) is 10.1. The number of carbonyl (C=O) groups is 2. The van der Waals surface area contributed by atoms with Crippen LogP contribution in [-0.2, 0) is 17.8 Å². The molecule has 0 fully saturated rings. The molecule has 154 valence electrons. The highest BCUT2D eigenvalue weighted by molar-refractivity contribution is 5.94. The SMILES string of the molecule is O=C(NCCCC(=O)N(CCc1ccccn1)Cc1cccnc1)c1ccccc1. The Bertz CT molecular complexity index is 918. The van der Waals surface area contributed by atoms with Crippen LogP contribution in [0.1, 0.15) is 34.5 Å². The molecule has 0 aliphatic heterocycles. The standard InChI is InChI=1S/C24H26N4O2/c29-23(12-7-16-27-24(30)21-9-2-1-3-10-21)28(19-20-8-6-14-25-18-20)17-13-22-11-4-5-15-26-22/h1-6,8-11,14-15,18H,7,12-13,16-17,19H2,(H,27,30). The maximum atomic E-state index is 12.9. The average molecular weight is 402 g/mol. The van der Waals surface area contributed by atoms with E-state index in [0.717, 1.165) is 11.3 Å². The quantitative estimate of drug-likeness (QED) is 0.528. The van der Waals surface area contributed by atoms with Gasteiger partial charge in [-0.3, -0.25) is 19.6 Å². The lowest BCUT2D eigenvalue weighted by atomic mass is 10.2. The molecule has 0 bridgehead atoms. The van der Waals surface area contributed by atoms with E-state index in [1.54, 1.807) is 30.7 Å². The van der Waals surface area contributed by atoms with Crippen molar-refractivity contribution in [2.24, 2.45) is 0 Å². The zero-order chi connectivity index (χ0) is 21.0. The number of hydrogen-bond donors (Lipinski definition) is 1. The maximum absolute atomic E-state index is 12.9. The third-order valence-electron chi connectivity index (χ3n) is 4.70. The number of nitrogens with zero attached hydrogens (tertiary/aromatic N) is 3. The van der Waals surface area contributed by atoms with Crippen molar-refractivity contribution in [1.29, 1.82) is 0 Å². The molecule has 6 heteroatoms. The van der Waals surface area contributed by atoms with Crippen LogP contribution in [0.25, 0.3) is 0 Å². The Morgan fingerprint density at radius 1 is 0.933 bits per heavy atom. The number of rotatable bonds is 10. The molecule has 0 aliphatic carbocycles. The minimum atomic E-state index is -0.120. The summed E-state index contributed by atoms with van der Waals surface area (Å²) in [4.78, 5) is 35.3. The highest BCUT2D eigenvalue weighted by Gasteiger charge is 2.14. The highest BCUT2D eigenvalue weighted by atomic mass is 16.2. The monoisotopic (exact) mass is 402 g/mol. The Balaban J connectivity index is 1.51. The van der Waals surface area contributed by atoms with Gasteiger partial charge in [-0.1, -0.05) is 30.3 Å². The minimum absolute atomic E-state index is 0.0590. The van der Waals surface area contributed by atoms with E-state index >= 15 is 0 Å². The molecule has 0 atom stereocenters. The lowest BCUT2D eigenvalue weighted by Crippen LogP contribution is -2.33. The Morgan fingerprint density at radius 3 is 2.50 bits per heavy atom. The Morgan fingerprint density at radius 2 is 1.77 bits per heavy atom. The summed E-state index contributed by atoms with van der Waals surface area (Å²) in [5.74, 6) is -0.0610. The van der Waals surface area contributed by atoms with Crippen molar-refractivity contribution in [3.8, 4) is 0 Å².